The van der Waals surface area contributed by atoms with Gasteiger partial charge in [0.1, 0.15) is 14.0 Å². The van der Waals surface area contributed by atoms with Crippen LogP contribution in [-0.2, 0) is 4.79 Å². The van der Waals surface area contributed by atoms with E-state index in [9.17, 15) is 4.79 Å². The van der Waals surface area contributed by atoms with Crippen molar-refractivity contribution in [3.05, 3.63) is 60.1 Å². The van der Waals surface area contributed by atoms with Gasteiger partial charge in [0.2, 0.25) is 12.4 Å². The van der Waals surface area contributed by atoms with E-state index >= 15 is 0 Å². The minimum atomic E-state index is 0.249. The van der Waals surface area contributed by atoms with Gasteiger partial charge in [-0.3, -0.25) is 9.69 Å². The topological polar surface area (TPSA) is 90.6 Å². The van der Waals surface area contributed by atoms with Crippen LogP contribution in [0, 0.1) is 5.92 Å². The summed E-state index contributed by atoms with van der Waals surface area (Å²) in [6, 6.07) is 6.43. The van der Waals surface area contributed by atoms with Crippen molar-refractivity contribution in [3.63, 3.8) is 0 Å². The molecular weight excluding hydrogens is 485 g/mol. The minimum absolute atomic E-state index is 0.249. The van der Waals surface area contributed by atoms with Gasteiger partial charge in [-0.15, -0.1) is 6.58 Å². The van der Waals surface area contributed by atoms with Crippen molar-refractivity contribution >= 4 is 37.4 Å². The van der Waals surface area contributed by atoms with Gasteiger partial charge in [0.15, 0.2) is 0 Å². The molecule has 2 saturated heterocycles. The van der Waals surface area contributed by atoms with Crippen molar-refractivity contribution in [1.29, 1.82) is 0 Å². The van der Waals surface area contributed by atoms with Crippen molar-refractivity contribution in [1.82, 2.24) is 25.1 Å². The van der Waals surface area contributed by atoms with E-state index in [0.29, 0.717) is 11.4 Å². The van der Waals surface area contributed by atoms with Crippen LogP contribution < -0.4 is 21.4 Å². The average Bonchev–Trinajstić information content (AvgIpc) is 3.50. The molecule has 3 aliphatic heterocycles. The van der Waals surface area contributed by atoms with Gasteiger partial charge >= 0.3 is 0 Å². The molecular formula is C30H46BN7O. The third-order valence-electron chi connectivity index (χ3n) is 6.90. The second kappa shape index (κ2) is 16.7. The van der Waals surface area contributed by atoms with E-state index in [2.05, 4.69) is 63.0 Å². The highest BCUT2D eigenvalue weighted by Crippen LogP contribution is 2.37. The Kier molecular flexibility index (Phi) is 13.7. The number of allylic oxidation sites excluding steroid dienone is 2. The summed E-state index contributed by atoms with van der Waals surface area (Å²) in [6.45, 7) is 13.9. The Morgan fingerprint density at radius 1 is 1.13 bits per heavy atom. The molecule has 4 heterocycles. The molecule has 1 amide bonds. The predicted molar refractivity (Wildman–Crippen MR) is 165 cm³/mol. The zero-order chi connectivity index (χ0) is 28.8. The van der Waals surface area contributed by atoms with Gasteiger partial charge in [-0.05, 0) is 82.1 Å². The molecule has 2 fully saturated rings. The Labute approximate surface area is 236 Å². The maximum absolute atomic E-state index is 11.2. The number of benzene rings is 1. The highest BCUT2D eigenvalue weighted by molar-refractivity contribution is 6.31. The van der Waals surface area contributed by atoms with Gasteiger partial charge in [-0.1, -0.05) is 31.5 Å². The highest BCUT2D eigenvalue weighted by Gasteiger charge is 2.31. The van der Waals surface area contributed by atoms with Crippen molar-refractivity contribution in [2.24, 2.45) is 5.92 Å². The molecule has 0 saturated carbocycles. The summed E-state index contributed by atoms with van der Waals surface area (Å²) in [5, 5.41) is 3.88. The summed E-state index contributed by atoms with van der Waals surface area (Å²) in [6.07, 6.45) is 13.1. The second-order valence-corrected chi connectivity index (χ2v) is 9.78. The number of aromatic nitrogens is 2. The quantitative estimate of drug-likeness (QED) is 0.353. The number of carbonyl (C=O) groups is 1. The number of rotatable bonds is 4. The molecule has 1 unspecified atom stereocenters. The number of nitrogens with two attached hydrogens (primary N) is 1. The number of nitrogens with zero attached hydrogens (tertiary/aromatic N) is 5. The molecule has 1 atom stereocenters. The van der Waals surface area contributed by atoms with Gasteiger partial charge in [0.25, 0.3) is 0 Å². The molecule has 210 valence electrons. The normalized spacial score (nSPS) is 18.8. The van der Waals surface area contributed by atoms with Crippen molar-refractivity contribution < 1.29 is 4.79 Å². The molecule has 8 nitrogen and oxygen atoms in total. The number of carbonyl (C=O) groups excluding carboxylic acids is 1. The van der Waals surface area contributed by atoms with E-state index in [1.54, 1.807) is 11.0 Å². The van der Waals surface area contributed by atoms with Crippen LogP contribution >= 0.6 is 0 Å². The van der Waals surface area contributed by atoms with Gasteiger partial charge in [0.05, 0.1) is 0 Å². The number of fused-ring (bicyclic) bond motifs is 1. The monoisotopic (exact) mass is 531 g/mol. The third kappa shape index (κ3) is 9.51. The zero-order valence-electron chi connectivity index (χ0n) is 24.4. The van der Waals surface area contributed by atoms with Crippen molar-refractivity contribution in [2.75, 3.05) is 50.9 Å². The van der Waals surface area contributed by atoms with Gasteiger partial charge in [0, 0.05) is 49.8 Å². The van der Waals surface area contributed by atoms with E-state index in [-0.39, 0.29) is 12.1 Å². The summed E-state index contributed by atoms with van der Waals surface area (Å²) in [7, 11) is 9.27. The molecule has 5 rings (SSSR count). The standard InChI is InChI=1S/C21H30N4O.C4H4BN3.C3H6.C2H6/c1-23-11-7-16(8-12-23)20-14-17-13-18(24(2)15-26)5-6-19(17)21(22-20)25-9-3-4-10-25;5-3-1-7-4(6)8-2-3;1-3-2;1-2/h5-6,13-16,21-22H,3-4,7-12H2,1-2H3;1-2H,(H2,6,7,8);3H,1H2,2H3;1-2H3. The van der Waals surface area contributed by atoms with Crippen molar-refractivity contribution in [3.8, 4) is 0 Å². The molecule has 1 aromatic heterocycles. The first-order chi connectivity index (χ1) is 18.9. The van der Waals surface area contributed by atoms with Crippen LogP contribution in [0.4, 0.5) is 11.6 Å². The summed E-state index contributed by atoms with van der Waals surface area (Å²) in [5.74, 6) is 0.858. The number of hydrogen-bond acceptors (Lipinski definition) is 7. The van der Waals surface area contributed by atoms with E-state index < -0.39 is 0 Å². The smallest absolute Gasteiger partial charge is 0.219 e. The lowest BCUT2D eigenvalue weighted by Gasteiger charge is -2.39. The number of hydrogen-bond donors (Lipinski definition) is 2. The first-order valence-corrected chi connectivity index (χ1v) is 14.0. The molecule has 2 radical (unpaired) electrons. The van der Waals surface area contributed by atoms with Crippen LogP contribution in [0.5, 0.6) is 0 Å². The van der Waals surface area contributed by atoms with E-state index in [0.717, 1.165) is 25.2 Å². The lowest BCUT2D eigenvalue weighted by atomic mass is 9.88. The average molecular weight is 532 g/mol. The Morgan fingerprint density at radius 2 is 1.72 bits per heavy atom. The summed E-state index contributed by atoms with van der Waals surface area (Å²) >= 11 is 0. The second-order valence-electron chi connectivity index (χ2n) is 9.78. The lowest BCUT2D eigenvalue weighted by Crippen LogP contribution is -2.42. The Morgan fingerprint density at radius 3 is 2.26 bits per heavy atom. The number of likely N-dealkylation sites (tertiary alicyclic amines) is 2. The molecule has 0 bridgehead atoms. The Bertz CT molecular complexity index is 1020. The fourth-order valence-corrected chi connectivity index (χ4v) is 4.85. The van der Waals surface area contributed by atoms with E-state index in [4.69, 9.17) is 13.6 Å². The number of amides is 1. The third-order valence-corrected chi connectivity index (χ3v) is 6.90. The number of piperidine rings is 1. The first kappa shape index (κ1) is 32.0. The fourth-order valence-electron chi connectivity index (χ4n) is 4.85. The van der Waals surface area contributed by atoms with Gasteiger partial charge in [-0.2, -0.15) is 0 Å². The lowest BCUT2D eigenvalue weighted by molar-refractivity contribution is -0.107. The molecule has 9 heteroatoms. The summed E-state index contributed by atoms with van der Waals surface area (Å²) in [4.78, 5) is 25.1. The Balaban J connectivity index is 0.000000343. The van der Waals surface area contributed by atoms with Gasteiger partial charge < -0.3 is 20.9 Å². The Hall–Kier alpha value is -3.17. The molecule has 1 aromatic carbocycles. The summed E-state index contributed by atoms with van der Waals surface area (Å²) in [5.41, 5.74) is 10.6. The SMILES string of the molecule is C=CC.CC.CN1CCC(C2=Cc3cc(N(C)C=O)ccc3C(N3CCCC3)N2)CC1.[B]c1cnc(N)nc1. The van der Waals surface area contributed by atoms with E-state index in [1.807, 2.05) is 27.8 Å². The largest absolute Gasteiger partial charge is 0.369 e. The number of nitrogens with one attached hydrogen (secondary N) is 1. The van der Waals surface area contributed by atoms with Crippen LogP contribution in [0.25, 0.3) is 6.08 Å². The number of anilines is 2. The zero-order valence-corrected chi connectivity index (χ0v) is 24.4. The molecule has 0 spiro atoms. The molecule has 0 aliphatic carbocycles. The number of nitrogen functional groups attached to an aromatic ring is 1. The van der Waals surface area contributed by atoms with Crippen LogP contribution in [0.15, 0.2) is 48.9 Å². The maximum Gasteiger partial charge on any atom is 0.219 e. The fraction of sp³-hybridized carbons (Fsp3) is 0.500. The van der Waals surface area contributed by atoms with Crippen LogP contribution in [0.3, 0.4) is 0 Å². The summed E-state index contributed by atoms with van der Waals surface area (Å²) < 4.78 is 0. The molecule has 2 aromatic rings. The molecule has 3 N–H and O–H groups in total. The predicted octanol–water partition coefficient (Wildman–Crippen LogP) is 3.73. The highest BCUT2D eigenvalue weighted by atomic mass is 16.1. The molecule has 3 aliphatic rings. The van der Waals surface area contributed by atoms with E-state index in [1.165, 1.54) is 68.0 Å². The van der Waals surface area contributed by atoms with Crippen LogP contribution in [-0.4, -0.2) is 74.3 Å². The first-order valence-electron chi connectivity index (χ1n) is 14.0. The minimum Gasteiger partial charge on any atom is -0.369 e. The van der Waals surface area contributed by atoms with Gasteiger partial charge in [-0.25, -0.2) is 9.97 Å². The molecule has 39 heavy (non-hydrogen) atoms. The van der Waals surface area contributed by atoms with Crippen LogP contribution in [0.2, 0.25) is 0 Å². The van der Waals surface area contributed by atoms with Crippen LogP contribution in [0.1, 0.15) is 63.7 Å². The van der Waals surface area contributed by atoms with Crippen molar-refractivity contribution in [2.45, 2.75) is 52.6 Å². The maximum atomic E-state index is 11.2.